The van der Waals surface area contributed by atoms with Gasteiger partial charge in [-0.15, -0.1) is 0 Å². The second kappa shape index (κ2) is 5.27. The summed E-state index contributed by atoms with van der Waals surface area (Å²) in [4.78, 5) is 4.26. The van der Waals surface area contributed by atoms with Gasteiger partial charge in [0.05, 0.1) is 12.8 Å². The number of ether oxygens (including phenoxy) is 1. The van der Waals surface area contributed by atoms with Gasteiger partial charge in [0, 0.05) is 10.2 Å². The summed E-state index contributed by atoms with van der Waals surface area (Å²) in [5.74, 6) is 1.11. The maximum absolute atomic E-state index is 5.71. The van der Waals surface area contributed by atoms with Crippen LogP contribution in [0.4, 0.5) is 17.2 Å². The van der Waals surface area contributed by atoms with Gasteiger partial charge in [0.25, 0.3) is 0 Å². The summed E-state index contributed by atoms with van der Waals surface area (Å²) >= 11 is 3.49. The number of rotatable bonds is 3. The second-order valence-electron chi connectivity index (χ2n) is 3.88. The molecule has 1 aromatic carbocycles. The maximum Gasteiger partial charge on any atom is 0.238 e. The van der Waals surface area contributed by atoms with Crippen LogP contribution >= 0.6 is 15.9 Å². The first-order valence-corrected chi connectivity index (χ1v) is 6.23. The van der Waals surface area contributed by atoms with E-state index in [1.54, 1.807) is 13.2 Å². The number of nitrogens with zero attached hydrogens (tertiary/aromatic N) is 1. The third-order valence-corrected chi connectivity index (χ3v) is 3.38. The van der Waals surface area contributed by atoms with E-state index in [1.165, 1.54) is 5.56 Å². The van der Waals surface area contributed by atoms with Crippen molar-refractivity contribution in [2.24, 2.45) is 0 Å². The Labute approximate surface area is 114 Å². The molecule has 4 nitrogen and oxygen atoms in total. The number of halogens is 1. The molecule has 0 aliphatic carbocycles. The third-order valence-electron chi connectivity index (χ3n) is 2.53. The molecule has 1 aromatic heterocycles. The molecule has 0 fully saturated rings. The normalized spacial score (nSPS) is 10.2. The van der Waals surface area contributed by atoms with Crippen LogP contribution in [0.25, 0.3) is 0 Å². The van der Waals surface area contributed by atoms with Crippen LogP contribution in [0.5, 0.6) is 5.88 Å². The van der Waals surface area contributed by atoms with Gasteiger partial charge in [-0.05, 0) is 36.8 Å². The Bertz CT molecular complexity index is 572. The van der Waals surface area contributed by atoms with Gasteiger partial charge in [0.1, 0.15) is 5.82 Å². The van der Waals surface area contributed by atoms with Gasteiger partial charge in [0.2, 0.25) is 5.88 Å². The highest BCUT2D eigenvalue weighted by atomic mass is 79.9. The summed E-state index contributed by atoms with van der Waals surface area (Å²) in [5.41, 5.74) is 8.37. The Morgan fingerprint density at radius 1 is 1.28 bits per heavy atom. The molecule has 0 unspecified atom stereocenters. The fourth-order valence-electron chi connectivity index (χ4n) is 1.50. The molecule has 5 heteroatoms. The zero-order chi connectivity index (χ0) is 13.1. The molecule has 94 valence electrons. The topological polar surface area (TPSA) is 60.2 Å². The van der Waals surface area contributed by atoms with Crippen LogP contribution in [0, 0.1) is 6.92 Å². The molecule has 0 saturated heterocycles. The van der Waals surface area contributed by atoms with Crippen molar-refractivity contribution in [2.45, 2.75) is 6.92 Å². The minimum absolute atomic E-state index is 0.422. The Balaban J connectivity index is 2.25. The number of aromatic nitrogens is 1. The molecule has 2 aromatic rings. The van der Waals surface area contributed by atoms with Gasteiger partial charge in [0.15, 0.2) is 0 Å². The van der Waals surface area contributed by atoms with Gasteiger partial charge in [-0.25, -0.2) is 0 Å². The van der Waals surface area contributed by atoms with E-state index in [9.17, 15) is 0 Å². The molecular weight excluding hydrogens is 294 g/mol. The number of methoxy groups -OCH3 is 1. The number of pyridine rings is 1. The lowest BCUT2D eigenvalue weighted by Crippen LogP contribution is -1.99. The average Bonchev–Trinajstić information content (AvgIpc) is 2.36. The maximum atomic E-state index is 5.71. The molecule has 1 heterocycles. The lowest BCUT2D eigenvalue weighted by molar-refractivity contribution is 0.401. The van der Waals surface area contributed by atoms with E-state index in [0.29, 0.717) is 17.4 Å². The first kappa shape index (κ1) is 12.7. The summed E-state index contributed by atoms with van der Waals surface area (Å²) in [6.45, 7) is 2.04. The number of benzene rings is 1. The SMILES string of the molecule is COc1nc(Nc2ccc(C)c(Br)c2)ccc1N. The number of nitrogen functional groups attached to an aromatic ring is 1. The van der Waals surface area contributed by atoms with Crippen LogP contribution in [-0.4, -0.2) is 12.1 Å². The Hall–Kier alpha value is -1.75. The van der Waals surface area contributed by atoms with E-state index < -0.39 is 0 Å². The van der Waals surface area contributed by atoms with Crippen molar-refractivity contribution in [3.63, 3.8) is 0 Å². The molecule has 3 N–H and O–H groups in total. The first-order valence-electron chi connectivity index (χ1n) is 5.44. The molecule has 18 heavy (non-hydrogen) atoms. The lowest BCUT2D eigenvalue weighted by atomic mass is 10.2. The number of nitrogens with two attached hydrogens (primary N) is 1. The summed E-state index contributed by atoms with van der Waals surface area (Å²) in [5, 5.41) is 3.20. The summed E-state index contributed by atoms with van der Waals surface area (Å²) in [6, 6.07) is 9.59. The van der Waals surface area contributed by atoms with Gasteiger partial charge in [-0.1, -0.05) is 22.0 Å². The van der Waals surface area contributed by atoms with E-state index in [-0.39, 0.29) is 0 Å². The molecule has 0 bridgehead atoms. The van der Waals surface area contributed by atoms with Gasteiger partial charge >= 0.3 is 0 Å². The monoisotopic (exact) mass is 307 g/mol. The van der Waals surface area contributed by atoms with Crippen molar-refractivity contribution < 1.29 is 4.74 Å². The highest BCUT2D eigenvalue weighted by Crippen LogP contribution is 2.25. The van der Waals surface area contributed by atoms with Crippen molar-refractivity contribution in [2.75, 3.05) is 18.2 Å². The highest BCUT2D eigenvalue weighted by molar-refractivity contribution is 9.10. The first-order chi connectivity index (χ1) is 8.60. The van der Waals surface area contributed by atoms with Crippen LogP contribution in [0.1, 0.15) is 5.56 Å². The molecular formula is C13H14BrN3O. The second-order valence-corrected chi connectivity index (χ2v) is 4.74. The molecule has 0 aliphatic rings. The zero-order valence-corrected chi connectivity index (χ0v) is 11.8. The predicted octanol–water partition coefficient (Wildman–Crippen LogP) is 3.49. The van der Waals surface area contributed by atoms with E-state index in [1.807, 2.05) is 31.2 Å². The molecule has 0 amide bonds. The van der Waals surface area contributed by atoms with Gasteiger partial charge < -0.3 is 15.8 Å². The molecule has 0 spiro atoms. The number of hydrogen-bond donors (Lipinski definition) is 2. The van der Waals surface area contributed by atoms with Crippen LogP contribution in [0.2, 0.25) is 0 Å². The predicted molar refractivity (Wildman–Crippen MR) is 77.4 cm³/mol. The largest absolute Gasteiger partial charge is 0.479 e. The van der Waals surface area contributed by atoms with E-state index in [4.69, 9.17) is 10.5 Å². The number of anilines is 3. The van der Waals surface area contributed by atoms with Crippen LogP contribution in [0.3, 0.4) is 0 Å². The van der Waals surface area contributed by atoms with Crippen LogP contribution in [0.15, 0.2) is 34.8 Å². The van der Waals surface area contributed by atoms with E-state index in [2.05, 4.69) is 26.2 Å². The lowest BCUT2D eigenvalue weighted by Gasteiger charge is -2.09. The zero-order valence-electron chi connectivity index (χ0n) is 10.2. The van der Waals surface area contributed by atoms with Crippen molar-refractivity contribution in [3.05, 3.63) is 40.4 Å². The summed E-state index contributed by atoms with van der Waals surface area (Å²) in [6.07, 6.45) is 0. The third kappa shape index (κ3) is 2.73. The quantitative estimate of drug-likeness (QED) is 0.911. The summed E-state index contributed by atoms with van der Waals surface area (Å²) in [7, 11) is 1.55. The fourth-order valence-corrected chi connectivity index (χ4v) is 1.88. The van der Waals surface area contributed by atoms with E-state index in [0.717, 1.165) is 10.2 Å². The van der Waals surface area contributed by atoms with Crippen molar-refractivity contribution >= 4 is 33.1 Å². The van der Waals surface area contributed by atoms with Crippen molar-refractivity contribution in [1.82, 2.24) is 4.98 Å². The minimum atomic E-state index is 0.422. The Kier molecular flexibility index (Phi) is 3.72. The average molecular weight is 308 g/mol. The molecule has 0 aliphatic heterocycles. The van der Waals surface area contributed by atoms with E-state index >= 15 is 0 Å². The molecule has 0 saturated carbocycles. The molecule has 0 radical (unpaired) electrons. The summed E-state index contributed by atoms with van der Waals surface area (Å²) < 4.78 is 6.13. The smallest absolute Gasteiger partial charge is 0.238 e. The van der Waals surface area contributed by atoms with Gasteiger partial charge in [-0.2, -0.15) is 4.98 Å². The molecule has 0 atom stereocenters. The fraction of sp³-hybridized carbons (Fsp3) is 0.154. The van der Waals surface area contributed by atoms with Crippen molar-refractivity contribution in [3.8, 4) is 5.88 Å². The number of aryl methyl sites for hydroxylation is 1. The Morgan fingerprint density at radius 3 is 2.72 bits per heavy atom. The minimum Gasteiger partial charge on any atom is -0.479 e. The van der Waals surface area contributed by atoms with Gasteiger partial charge in [-0.3, -0.25) is 0 Å². The number of nitrogens with one attached hydrogen (secondary N) is 1. The van der Waals surface area contributed by atoms with Crippen LogP contribution in [-0.2, 0) is 0 Å². The highest BCUT2D eigenvalue weighted by Gasteiger charge is 2.04. The Morgan fingerprint density at radius 2 is 2.06 bits per heavy atom. The number of hydrogen-bond acceptors (Lipinski definition) is 4. The van der Waals surface area contributed by atoms with Crippen molar-refractivity contribution in [1.29, 1.82) is 0 Å². The standard InChI is InChI=1S/C13H14BrN3O/c1-8-3-4-9(7-10(8)14)16-12-6-5-11(15)13(17-12)18-2/h3-7H,15H2,1-2H3,(H,16,17). The molecule has 2 rings (SSSR count). The van der Waals surface area contributed by atoms with Crippen LogP contribution < -0.4 is 15.8 Å².